The lowest BCUT2D eigenvalue weighted by Gasteiger charge is -2.20. The number of nitrogens with zero attached hydrogens (tertiary/aromatic N) is 2. The molecule has 32 heavy (non-hydrogen) atoms. The second-order valence-corrected chi connectivity index (χ2v) is 12.7. The summed E-state index contributed by atoms with van der Waals surface area (Å²) in [5.74, 6) is -0.0548. The van der Waals surface area contributed by atoms with Crippen LogP contribution in [-0.2, 0) is 23.0 Å². The smallest absolute Gasteiger partial charge is 0.251 e. The van der Waals surface area contributed by atoms with E-state index in [-0.39, 0.29) is 16.0 Å². The molecule has 0 amide bonds. The summed E-state index contributed by atoms with van der Waals surface area (Å²) >= 11 is 7.28. The quantitative estimate of drug-likeness (QED) is 0.433. The highest BCUT2D eigenvalue weighted by molar-refractivity contribution is 7.91. The molecule has 0 saturated heterocycles. The van der Waals surface area contributed by atoms with E-state index >= 15 is 4.39 Å². The van der Waals surface area contributed by atoms with Gasteiger partial charge in [-0.25, -0.2) is 22.5 Å². The molecule has 0 aliphatic heterocycles. The van der Waals surface area contributed by atoms with E-state index in [0.717, 1.165) is 16.9 Å². The first-order valence-electron chi connectivity index (χ1n) is 10.4. The van der Waals surface area contributed by atoms with Crippen molar-refractivity contribution in [2.75, 3.05) is 0 Å². The van der Waals surface area contributed by atoms with Crippen molar-refractivity contribution in [2.45, 2.75) is 64.3 Å². The largest absolute Gasteiger partial charge is 0.317 e. The highest BCUT2D eigenvalue weighted by atomic mass is 35.5. The van der Waals surface area contributed by atoms with Crippen LogP contribution in [0.5, 0.6) is 0 Å². The van der Waals surface area contributed by atoms with E-state index in [4.69, 9.17) is 11.6 Å². The summed E-state index contributed by atoms with van der Waals surface area (Å²) in [5, 5.41) is 0.280. The Bertz CT molecular complexity index is 1220. The van der Waals surface area contributed by atoms with Gasteiger partial charge < -0.3 is 4.57 Å². The molecule has 1 N–H and O–H groups in total. The Hall–Kier alpha value is -1.74. The molecule has 0 aliphatic rings. The Labute approximate surface area is 198 Å². The Kier molecular flexibility index (Phi) is 7.20. The number of thiophene rings is 1. The first-order valence-corrected chi connectivity index (χ1v) is 13.1. The lowest BCUT2D eigenvalue weighted by molar-refractivity contribution is 0.492. The molecule has 0 saturated carbocycles. The average molecular weight is 498 g/mol. The van der Waals surface area contributed by atoms with Gasteiger partial charge in [-0.15, -0.1) is 11.3 Å². The molecule has 0 bridgehead atoms. The average Bonchev–Trinajstić information content (AvgIpc) is 3.18. The van der Waals surface area contributed by atoms with Crippen LogP contribution in [-0.4, -0.2) is 23.5 Å². The van der Waals surface area contributed by atoms with Crippen LogP contribution in [0.4, 0.5) is 4.39 Å². The minimum Gasteiger partial charge on any atom is -0.317 e. The van der Waals surface area contributed by atoms with Gasteiger partial charge in [0, 0.05) is 33.9 Å². The molecule has 0 atom stereocenters. The van der Waals surface area contributed by atoms with Crippen molar-refractivity contribution in [1.29, 1.82) is 0 Å². The van der Waals surface area contributed by atoms with Gasteiger partial charge in [0.2, 0.25) is 5.28 Å². The molecule has 0 aliphatic carbocycles. The van der Waals surface area contributed by atoms with E-state index in [2.05, 4.69) is 23.6 Å². The first-order chi connectivity index (χ1) is 14.8. The van der Waals surface area contributed by atoms with Crippen LogP contribution >= 0.6 is 22.9 Å². The molecule has 2 aromatic heterocycles. The van der Waals surface area contributed by atoms with Gasteiger partial charge in [-0.2, -0.15) is 0 Å². The molecule has 5 nitrogen and oxygen atoms in total. The van der Waals surface area contributed by atoms with E-state index in [9.17, 15) is 8.42 Å². The zero-order chi connectivity index (χ0) is 23.8. The predicted molar refractivity (Wildman–Crippen MR) is 129 cm³/mol. The van der Waals surface area contributed by atoms with Crippen molar-refractivity contribution < 1.29 is 12.8 Å². The van der Waals surface area contributed by atoms with E-state index < -0.39 is 21.4 Å². The summed E-state index contributed by atoms with van der Waals surface area (Å²) in [6.07, 6.45) is 3.99. The maximum atomic E-state index is 15.1. The van der Waals surface area contributed by atoms with Crippen molar-refractivity contribution >= 4 is 33.0 Å². The fraction of sp³-hybridized carbons (Fsp3) is 0.435. The molecule has 9 heteroatoms. The summed E-state index contributed by atoms with van der Waals surface area (Å²) < 4.78 is 46.2. The predicted octanol–water partition coefficient (Wildman–Crippen LogP) is 6.04. The first kappa shape index (κ1) is 24.9. The van der Waals surface area contributed by atoms with Gasteiger partial charge in [-0.3, -0.25) is 0 Å². The molecule has 0 radical (unpaired) electrons. The van der Waals surface area contributed by atoms with Crippen LogP contribution in [0.2, 0.25) is 5.28 Å². The Balaban J connectivity index is 2.10. The summed E-state index contributed by atoms with van der Waals surface area (Å²) in [6.45, 7) is 11.7. The fourth-order valence-electron chi connectivity index (χ4n) is 3.51. The van der Waals surface area contributed by atoms with Crippen molar-refractivity contribution in [3.63, 3.8) is 0 Å². The molecule has 2 heterocycles. The van der Waals surface area contributed by atoms with E-state index in [0.29, 0.717) is 22.6 Å². The molecule has 0 unspecified atom stereocenters. The SMILES string of the molecule is Cc1c(CC(C)C)sc(S(=O)(=O)NC(C)(C)C)c1-c1ccc(Cn2ccnc2Cl)c(F)c1. The second-order valence-electron chi connectivity index (χ2n) is 9.40. The molecule has 0 spiro atoms. The lowest BCUT2D eigenvalue weighted by atomic mass is 9.99. The molecular formula is C23H29ClFN3O2S2. The lowest BCUT2D eigenvalue weighted by Crippen LogP contribution is -2.40. The molecule has 1 aromatic carbocycles. The Morgan fingerprint density at radius 3 is 2.50 bits per heavy atom. The number of nitrogens with one attached hydrogen (secondary N) is 1. The van der Waals surface area contributed by atoms with Crippen molar-refractivity contribution in [2.24, 2.45) is 5.92 Å². The fourth-order valence-corrected chi connectivity index (χ4v) is 7.26. The van der Waals surface area contributed by atoms with Gasteiger partial charge in [0.25, 0.3) is 10.0 Å². The van der Waals surface area contributed by atoms with E-state index in [1.54, 1.807) is 49.9 Å². The van der Waals surface area contributed by atoms with Crippen LogP contribution in [0, 0.1) is 18.7 Å². The zero-order valence-corrected chi connectivity index (χ0v) is 21.6. The Morgan fingerprint density at radius 1 is 1.28 bits per heavy atom. The monoisotopic (exact) mass is 497 g/mol. The number of halogens is 2. The maximum Gasteiger partial charge on any atom is 0.251 e. The van der Waals surface area contributed by atoms with Crippen molar-refractivity contribution in [1.82, 2.24) is 14.3 Å². The van der Waals surface area contributed by atoms with Crippen LogP contribution < -0.4 is 4.72 Å². The number of benzene rings is 1. The van der Waals surface area contributed by atoms with Gasteiger partial charge >= 0.3 is 0 Å². The zero-order valence-electron chi connectivity index (χ0n) is 19.2. The third kappa shape index (κ3) is 5.60. The van der Waals surface area contributed by atoms with Gasteiger partial charge in [0.1, 0.15) is 10.0 Å². The van der Waals surface area contributed by atoms with Crippen LogP contribution in [0.15, 0.2) is 34.8 Å². The standard InChI is InChI=1S/C23H29ClFN3O2S2/c1-14(2)11-19-15(3)20(21(31-19)32(29,30)27-23(4,5)6)16-7-8-17(18(25)12-16)13-28-10-9-26-22(28)24/h7-10,12,14,27H,11,13H2,1-6H3. The summed E-state index contributed by atoms with van der Waals surface area (Å²) in [4.78, 5) is 4.95. The number of hydrogen-bond acceptors (Lipinski definition) is 4. The topological polar surface area (TPSA) is 64.0 Å². The Morgan fingerprint density at radius 2 is 1.97 bits per heavy atom. The number of aromatic nitrogens is 2. The summed E-state index contributed by atoms with van der Waals surface area (Å²) in [5.41, 5.74) is 1.80. The molecule has 3 aromatic rings. The van der Waals surface area contributed by atoms with Crippen LogP contribution in [0.25, 0.3) is 11.1 Å². The van der Waals surface area contributed by atoms with E-state index in [1.165, 1.54) is 17.4 Å². The molecule has 174 valence electrons. The highest BCUT2D eigenvalue weighted by Gasteiger charge is 2.30. The van der Waals surface area contributed by atoms with Gasteiger partial charge in [-0.1, -0.05) is 26.0 Å². The maximum absolute atomic E-state index is 15.1. The van der Waals surface area contributed by atoms with Crippen molar-refractivity contribution in [3.8, 4) is 11.1 Å². The summed E-state index contributed by atoms with van der Waals surface area (Å²) in [7, 11) is -3.79. The molecular weight excluding hydrogens is 469 g/mol. The number of hydrogen-bond donors (Lipinski definition) is 1. The van der Waals surface area contributed by atoms with Crippen LogP contribution in [0.3, 0.4) is 0 Å². The van der Waals surface area contributed by atoms with Gasteiger partial charge in [-0.05, 0) is 68.8 Å². The summed E-state index contributed by atoms with van der Waals surface area (Å²) in [6, 6.07) is 4.85. The third-order valence-electron chi connectivity index (χ3n) is 4.84. The van der Waals surface area contributed by atoms with E-state index in [1.807, 2.05) is 6.92 Å². The number of rotatable bonds is 7. The number of sulfonamides is 1. The van der Waals surface area contributed by atoms with Gasteiger partial charge in [0.15, 0.2) is 0 Å². The minimum atomic E-state index is -3.79. The van der Waals surface area contributed by atoms with Crippen LogP contribution in [0.1, 0.15) is 50.6 Å². The van der Waals surface area contributed by atoms with Gasteiger partial charge in [0.05, 0.1) is 6.54 Å². The molecule has 0 fully saturated rings. The van der Waals surface area contributed by atoms with Crippen molar-refractivity contribution in [3.05, 3.63) is 57.7 Å². The normalized spacial score (nSPS) is 12.7. The highest BCUT2D eigenvalue weighted by Crippen LogP contribution is 2.41. The molecule has 3 rings (SSSR count). The second kappa shape index (κ2) is 9.25. The number of imidazole rings is 1. The third-order valence-corrected chi connectivity index (χ3v) is 8.74. The minimum absolute atomic E-state index is 0.227.